The third kappa shape index (κ3) is 2.42. The molecule has 18 heavy (non-hydrogen) atoms. The Hall–Kier alpha value is -2.10. The highest BCUT2D eigenvalue weighted by Gasteiger charge is 2.19. The number of hydrogen-bond acceptors (Lipinski definition) is 3. The van der Waals surface area contributed by atoms with Gasteiger partial charge in [-0.25, -0.2) is 0 Å². The molecule has 4 nitrogen and oxygen atoms in total. The zero-order valence-electron chi connectivity index (χ0n) is 10.8. The van der Waals surface area contributed by atoms with Crippen molar-refractivity contribution in [2.24, 2.45) is 5.16 Å². The molecule has 94 valence electrons. The van der Waals surface area contributed by atoms with E-state index in [2.05, 4.69) is 31.0 Å². The lowest BCUT2D eigenvalue weighted by atomic mass is 10.1. The molecule has 0 bridgehead atoms. The molecule has 0 spiro atoms. The van der Waals surface area contributed by atoms with E-state index in [1.165, 1.54) is 6.21 Å². The van der Waals surface area contributed by atoms with Crippen LogP contribution in [0.25, 0.3) is 11.3 Å². The molecule has 2 rings (SSSR count). The van der Waals surface area contributed by atoms with Crippen molar-refractivity contribution in [1.29, 1.82) is 0 Å². The summed E-state index contributed by atoms with van der Waals surface area (Å²) in [5.41, 5.74) is 2.62. The van der Waals surface area contributed by atoms with Gasteiger partial charge in [-0.15, -0.1) is 0 Å². The van der Waals surface area contributed by atoms with E-state index < -0.39 is 0 Å². The van der Waals surface area contributed by atoms with Crippen LogP contribution in [0.3, 0.4) is 0 Å². The molecule has 1 aromatic heterocycles. The van der Waals surface area contributed by atoms with Crippen molar-refractivity contribution >= 4 is 6.21 Å². The first kappa shape index (κ1) is 12.4. The summed E-state index contributed by atoms with van der Waals surface area (Å²) in [5.74, 6) is 0. The number of benzene rings is 1. The summed E-state index contributed by atoms with van der Waals surface area (Å²) < 4.78 is 1.94. The van der Waals surface area contributed by atoms with Crippen LogP contribution in [0.4, 0.5) is 0 Å². The maximum absolute atomic E-state index is 8.61. The summed E-state index contributed by atoms with van der Waals surface area (Å²) in [4.78, 5) is 0. The van der Waals surface area contributed by atoms with Gasteiger partial charge >= 0.3 is 0 Å². The lowest BCUT2D eigenvalue weighted by molar-refractivity contribution is 0.321. The van der Waals surface area contributed by atoms with Gasteiger partial charge in [0, 0.05) is 0 Å². The molecule has 1 aromatic carbocycles. The zero-order chi connectivity index (χ0) is 13.2. The Balaban J connectivity index is 2.58. The quantitative estimate of drug-likeness (QED) is 0.500. The molecule has 0 radical (unpaired) electrons. The standard InChI is InChI=1S/C14H17N3O/c1-14(2,3)17-13(9-12(16-17)10-15-18)11-7-5-4-6-8-11/h4-10,18H,1-3H3/b15-10+. The molecule has 0 amide bonds. The Morgan fingerprint density at radius 3 is 2.44 bits per heavy atom. The van der Waals surface area contributed by atoms with E-state index in [-0.39, 0.29) is 5.54 Å². The first-order valence-corrected chi connectivity index (χ1v) is 5.86. The van der Waals surface area contributed by atoms with Crippen LogP contribution < -0.4 is 0 Å². The fourth-order valence-electron chi connectivity index (χ4n) is 1.85. The monoisotopic (exact) mass is 243 g/mol. The van der Waals surface area contributed by atoms with E-state index in [1.54, 1.807) is 0 Å². The van der Waals surface area contributed by atoms with E-state index in [4.69, 9.17) is 5.21 Å². The average molecular weight is 243 g/mol. The van der Waals surface area contributed by atoms with Crippen molar-refractivity contribution in [3.8, 4) is 11.3 Å². The molecular formula is C14H17N3O. The Kier molecular flexibility index (Phi) is 3.19. The fraction of sp³-hybridized carbons (Fsp3) is 0.286. The van der Waals surface area contributed by atoms with Gasteiger partial charge in [0.15, 0.2) is 0 Å². The van der Waals surface area contributed by atoms with Crippen molar-refractivity contribution in [1.82, 2.24) is 9.78 Å². The highest BCUT2D eigenvalue weighted by Crippen LogP contribution is 2.25. The van der Waals surface area contributed by atoms with Crippen LogP contribution in [0.5, 0.6) is 0 Å². The van der Waals surface area contributed by atoms with E-state index in [0.717, 1.165) is 11.3 Å². The largest absolute Gasteiger partial charge is 0.411 e. The Labute approximate surface area is 107 Å². The lowest BCUT2D eigenvalue weighted by Gasteiger charge is -2.22. The van der Waals surface area contributed by atoms with Crippen LogP contribution >= 0.6 is 0 Å². The van der Waals surface area contributed by atoms with E-state index in [1.807, 2.05) is 41.1 Å². The minimum Gasteiger partial charge on any atom is -0.411 e. The third-order valence-corrected chi connectivity index (χ3v) is 2.62. The molecule has 4 heteroatoms. The normalized spacial score (nSPS) is 12.2. The Morgan fingerprint density at radius 1 is 1.22 bits per heavy atom. The summed E-state index contributed by atoms with van der Waals surface area (Å²) in [6, 6.07) is 12.0. The molecular weight excluding hydrogens is 226 g/mol. The first-order valence-electron chi connectivity index (χ1n) is 5.86. The van der Waals surface area contributed by atoms with Crippen molar-refractivity contribution in [3.63, 3.8) is 0 Å². The number of hydrogen-bond donors (Lipinski definition) is 1. The second-order valence-electron chi connectivity index (χ2n) is 5.15. The van der Waals surface area contributed by atoms with E-state index >= 15 is 0 Å². The summed E-state index contributed by atoms with van der Waals surface area (Å²) in [6.45, 7) is 6.27. The molecule has 0 aliphatic rings. The molecule has 0 saturated carbocycles. The molecule has 0 aliphatic carbocycles. The zero-order valence-corrected chi connectivity index (χ0v) is 10.8. The van der Waals surface area contributed by atoms with Gasteiger partial charge in [0.25, 0.3) is 0 Å². The van der Waals surface area contributed by atoms with Gasteiger partial charge in [-0.1, -0.05) is 35.5 Å². The number of oxime groups is 1. The molecule has 2 aromatic rings. The highest BCUT2D eigenvalue weighted by molar-refractivity contribution is 5.79. The van der Waals surface area contributed by atoms with Gasteiger partial charge in [-0.2, -0.15) is 5.10 Å². The summed E-state index contributed by atoms with van der Waals surface area (Å²) in [6.07, 6.45) is 1.34. The number of rotatable bonds is 2. The molecule has 0 atom stereocenters. The predicted molar refractivity (Wildman–Crippen MR) is 72.0 cm³/mol. The number of nitrogens with zero attached hydrogens (tertiary/aromatic N) is 3. The Morgan fingerprint density at radius 2 is 1.89 bits per heavy atom. The fourth-order valence-corrected chi connectivity index (χ4v) is 1.85. The van der Waals surface area contributed by atoms with Crippen LogP contribution in [0.2, 0.25) is 0 Å². The van der Waals surface area contributed by atoms with E-state index in [9.17, 15) is 0 Å². The van der Waals surface area contributed by atoms with Gasteiger partial charge in [0.1, 0.15) is 5.69 Å². The van der Waals surface area contributed by atoms with Crippen molar-refractivity contribution in [2.75, 3.05) is 0 Å². The molecule has 0 unspecified atom stereocenters. The summed E-state index contributed by atoms with van der Waals surface area (Å²) >= 11 is 0. The number of aromatic nitrogens is 2. The van der Waals surface area contributed by atoms with Crippen LogP contribution in [-0.4, -0.2) is 21.2 Å². The minimum atomic E-state index is -0.132. The second kappa shape index (κ2) is 4.64. The van der Waals surface area contributed by atoms with Crippen LogP contribution in [0.15, 0.2) is 41.6 Å². The SMILES string of the molecule is CC(C)(C)n1nc(/C=N/O)cc1-c1ccccc1. The van der Waals surface area contributed by atoms with Crippen molar-refractivity contribution < 1.29 is 5.21 Å². The molecule has 0 aliphatic heterocycles. The average Bonchev–Trinajstić information content (AvgIpc) is 2.75. The molecule has 1 heterocycles. The van der Waals surface area contributed by atoms with Gasteiger partial charge in [0.05, 0.1) is 17.4 Å². The van der Waals surface area contributed by atoms with Gasteiger partial charge < -0.3 is 5.21 Å². The van der Waals surface area contributed by atoms with Crippen LogP contribution in [0.1, 0.15) is 26.5 Å². The van der Waals surface area contributed by atoms with Gasteiger partial charge in [-0.05, 0) is 32.4 Å². The highest BCUT2D eigenvalue weighted by atomic mass is 16.4. The topological polar surface area (TPSA) is 50.4 Å². The maximum atomic E-state index is 8.61. The molecule has 0 fully saturated rings. The minimum absolute atomic E-state index is 0.132. The lowest BCUT2D eigenvalue weighted by Crippen LogP contribution is -2.24. The molecule has 1 N–H and O–H groups in total. The van der Waals surface area contributed by atoms with Gasteiger partial charge in [0.2, 0.25) is 0 Å². The Bertz CT molecular complexity index is 550. The first-order chi connectivity index (χ1) is 8.52. The second-order valence-corrected chi connectivity index (χ2v) is 5.15. The predicted octanol–water partition coefficient (Wildman–Crippen LogP) is 3.11. The van der Waals surface area contributed by atoms with Crippen molar-refractivity contribution in [3.05, 3.63) is 42.1 Å². The maximum Gasteiger partial charge on any atom is 0.107 e. The summed E-state index contributed by atoms with van der Waals surface area (Å²) in [5, 5.41) is 16.1. The smallest absolute Gasteiger partial charge is 0.107 e. The van der Waals surface area contributed by atoms with E-state index in [0.29, 0.717) is 5.69 Å². The molecule has 0 saturated heterocycles. The third-order valence-electron chi connectivity index (χ3n) is 2.62. The van der Waals surface area contributed by atoms with Crippen LogP contribution in [0, 0.1) is 0 Å². The van der Waals surface area contributed by atoms with Crippen molar-refractivity contribution in [2.45, 2.75) is 26.3 Å². The summed E-state index contributed by atoms with van der Waals surface area (Å²) in [7, 11) is 0. The van der Waals surface area contributed by atoms with Crippen LogP contribution in [-0.2, 0) is 5.54 Å². The van der Waals surface area contributed by atoms with Gasteiger partial charge in [-0.3, -0.25) is 4.68 Å².